The van der Waals surface area contributed by atoms with Crippen molar-refractivity contribution in [1.82, 2.24) is 14.8 Å². The summed E-state index contributed by atoms with van der Waals surface area (Å²) in [5.74, 6) is -8.27. The zero-order valence-corrected chi connectivity index (χ0v) is 22.8. The van der Waals surface area contributed by atoms with Crippen LogP contribution >= 0.6 is 0 Å². The summed E-state index contributed by atoms with van der Waals surface area (Å²) in [4.78, 5) is 36.1. The number of rotatable bonds is 3. The largest absolute Gasteiger partial charge is 0.490 e. The second-order valence-electron chi connectivity index (χ2n) is 9.52. The van der Waals surface area contributed by atoms with Crippen LogP contribution < -0.4 is 0 Å². The third-order valence-electron chi connectivity index (χ3n) is 6.59. The fraction of sp³-hybridized carbons (Fsp3) is 0.462. The lowest BCUT2D eigenvalue weighted by Gasteiger charge is -2.46. The molecule has 2 fully saturated rings. The molecular formula is C26H28F9N3O6. The number of likely N-dealkylation sites (tertiary alicyclic amines) is 2. The molecule has 3 heterocycles. The lowest BCUT2D eigenvalue weighted by atomic mass is 9.69. The number of carboxylic acid groups (broad SMARTS) is 3. The summed E-state index contributed by atoms with van der Waals surface area (Å²) >= 11 is 0. The van der Waals surface area contributed by atoms with E-state index in [2.05, 4.69) is 58.2 Å². The van der Waals surface area contributed by atoms with E-state index in [1.165, 1.54) is 37.1 Å². The van der Waals surface area contributed by atoms with Crippen molar-refractivity contribution in [3.05, 3.63) is 66.0 Å². The summed E-state index contributed by atoms with van der Waals surface area (Å²) in [5, 5.41) is 21.4. The second-order valence-corrected chi connectivity index (χ2v) is 9.52. The number of likely N-dealkylation sites (N-methyl/N-ethyl adjacent to an activating group) is 1. The van der Waals surface area contributed by atoms with Gasteiger partial charge in [0.05, 0.1) is 0 Å². The third-order valence-corrected chi connectivity index (χ3v) is 6.59. The van der Waals surface area contributed by atoms with Gasteiger partial charge in [-0.15, -0.1) is 0 Å². The minimum atomic E-state index is -5.08. The van der Waals surface area contributed by atoms with E-state index in [1.807, 2.05) is 18.5 Å². The third kappa shape index (κ3) is 12.0. The fourth-order valence-electron chi connectivity index (χ4n) is 4.56. The van der Waals surface area contributed by atoms with E-state index in [-0.39, 0.29) is 0 Å². The molecule has 246 valence electrons. The number of hydrogen-bond acceptors (Lipinski definition) is 6. The van der Waals surface area contributed by atoms with Gasteiger partial charge >= 0.3 is 36.4 Å². The first-order valence-electron chi connectivity index (χ1n) is 12.4. The van der Waals surface area contributed by atoms with Gasteiger partial charge in [0.2, 0.25) is 0 Å². The Morgan fingerprint density at radius 2 is 1.25 bits per heavy atom. The van der Waals surface area contributed by atoms with Crippen LogP contribution in [0.3, 0.4) is 0 Å². The van der Waals surface area contributed by atoms with E-state index in [0.717, 1.165) is 13.1 Å². The molecule has 0 radical (unpaired) electrons. The molecular weight excluding hydrogens is 621 g/mol. The van der Waals surface area contributed by atoms with Crippen LogP contribution in [0.15, 0.2) is 54.9 Å². The Bertz CT molecular complexity index is 1150. The Hall–Kier alpha value is -3.93. The van der Waals surface area contributed by atoms with Crippen LogP contribution in [-0.4, -0.2) is 99.3 Å². The first-order valence-corrected chi connectivity index (χ1v) is 12.4. The van der Waals surface area contributed by atoms with E-state index in [0.29, 0.717) is 11.5 Å². The summed E-state index contributed by atoms with van der Waals surface area (Å²) in [5.41, 5.74) is 3.21. The maximum Gasteiger partial charge on any atom is 0.490 e. The van der Waals surface area contributed by atoms with E-state index in [9.17, 15) is 39.5 Å². The molecule has 2 saturated heterocycles. The molecule has 2 aliphatic heterocycles. The molecule has 1 aromatic heterocycles. The number of alkyl halides is 9. The van der Waals surface area contributed by atoms with E-state index in [4.69, 9.17) is 29.7 Å². The lowest BCUT2D eigenvalue weighted by Crippen LogP contribution is -2.54. The molecule has 3 N–H and O–H groups in total. The highest BCUT2D eigenvalue weighted by Crippen LogP contribution is 2.45. The number of halogens is 9. The van der Waals surface area contributed by atoms with Gasteiger partial charge in [-0.2, -0.15) is 39.5 Å². The van der Waals surface area contributed by atoms with Gasteiger partial charge in [0.1, 0.15) is 0 Å². The minimum Gasteiger partial charge on any atom is -0.475 e. The molecule has 2 aliphatic rings. The molecule has 0 aliphatic carbocycles. The van der Waals surface area contributed by atoms with Crippen LogP contribution in [0.25, 0.3) is 0 Å². The first kappa shape index (κ1) is 38.1. The quantitative estimate of drug-likeness (QED) is 0.401. The van der Waals surface area contributed by atoms with Gasteiger partial charge in [-0.3, -0.25) is 9.88 Å². The summed E-state index contributed by atoms with van der Waals surface area (Å²) in [6, 6.07) is 16.0. The summed E-state index contributed by atoms with van der Waals surface area (Å²) in [6.07, 6.45) is -8.85. The number of carbonyl (C=O) groups is 3. The predicted molar refractivity (Wildman–Crippen MR) is 134 cm³/mol. The van der Waals surface area contributed by atoms with Crippen molar-refractivity contribution in [3.8, 4) is 0 Å². The Labute approximate surface area is 244 Å². The SMILES string of the molecule is CN1CCC2(c3ccccc3)CCN(Cc3cccnc3)CC12.O=C(O)C(F)(F)F.O=C(O)C(F)(F)F.O=C(O)C(F)(F)F. The summed E-state index contributed by atoms with van der Waals surface area (Å²) in [6.45, 7) is 4.55. The normalized spacial score (nSPS) is 20.4. The average Bonchev–Trinajstić information content (AvgIpc) is 3.26. The number of aliphatic carboxylic acids is 3. The highest BCUT2D eigenvalue weighted by atomic mass is 19.4. The first-order chi connectivity index (χ1) is 20.1. The van der Waals surface area contributed by atoms with Crippen molar-refractivity contribution in [2.24, 2.45) is 0 Å². The molecule has 4 rings (SSSR count). The topological polar surface area (TPSA) is 131 Å². The van der Waals surface area contributed by atoms with Crippen molar-refractivity contribution >= 4 is 17.9 Å². The standard InChI is InChI=1S/C20H25N3.3C2HF3O2/c1-22-12-9-20(18-7-3-2-4-8-18)10-13-23(16-19(20)22)15-17-6-5-11-21-14-17;3*3-2(4,5)1(6)7/h2-8,11,14,19H,9-10,12-13,15-16H2,1H3;3*(H,6,7). The highest BCUT2D eigenvalue weighted by Gasteiger charge is 2.49. The summed E-state index contributed by atoms with van der Waals surface area (Å²) in [7, 11) is 2.29. The number of pyridine rings is 1. The van der Waals surface area contributed by atoms with Crippen LogP contribution in [0.1, 0.15) is 24.0 Å². The van der Waals surface area contributed by atoms with Crippen molar-refractivity contribution in [1.29, 1.82) is 0 Å². The van der Waals surface area contributed by atoms with Crippen molar-refractivity contribution in [2.75, 3.05) is 26.7 Å². The number of nitrogens with zero attached hydrogens (tertiary/aromatic N) is 3. The number of piperidine rings is 1. The van der Waals surface area contributed by atoms with Crippen LogP contribution in [-0.2, 0) is 26.3 Å². The number of fused-ring (bicyclic) bond motifs is 1. The number of hydrogen-bond donors (Lipinski definition) is 3. The average molecular weight is 650 g/mol. The fourth-order valence-corrected chi connectivity index (χ4v) is 4.56. The van der Waals surface area contributed by atoms with Crippen LogP contribution in [0, 0.1) is 0 Å². The van der Waals surface area contributed by atoms with Gasteiger partial charge in [0.25, 0.3) is 0 Å². The zero-order valence-electron chi connectivity index (χ0n) is 22.8. The zero-order chi connectivity index (χ0) is 33.9. The van der Waals surface area contributed by atoms with E-state index < -0.39 is 36.4 Å². The van der Waals surface area contributed by atoms with Crippen LogP contribution in [0.4, 0.5) is 39.5 Å². The molecule has 0 saturated carbocycles. The van der Waals surface area contributed by atoms with Gasteiger partial charge in [0.15, 0.2) is 0 Å². The van der Waals surface area contributed by atoms with Gasteiger partial charge < -0.3 is 20.2 Å². The Morgan fingerprint density at radius 1 is 0.795 bits per heavy atom. The lowest BCUT2D eigenvalue weighted by molar-refractivity contribution is -0.193. The minimum absolute atomic E-state index is 0.349. The smallest absolute Gasteiger partial charge is 0.475 e. The van der Waals surface area contributed by atoms with Gasteiger partial charge in [0, 0.05) is 36.9 Å². The predicted octanol–water partition coefficient (Wildman–Crippen LogP) is 4.83. The van der Waals surface area contributed by atoms with Crippen LogP contribution in [0.5, 0.6) is 0 Å². The van der Waals surface area contributed by atoms with Crippen molar-refractivity contribution < 1.29 is 69.2 Å². The second kappa shape index (κ2) is 15.7. The molecule has 0 bridgehead atoms. The number of carboxylic acids is 3. The van der Waals surface area contributed by atoms with Crippen LogP contribution in [0.2, 0.25) is 0 Å². The highest BCUT2D eigenvalue weighted by molar-refractivity contribution is 5.73. The van der Waals surface area contributed by atoms with Crippen molar-refractivity contribution in [2.45, 2.75) is 49.4 Å². The molecule has 2 unspecified atom stereocenters. The molecule has 9 nitrogen and oxygen atoms in total. The summed E-state index contributed by atoms with van der Waals surface area (Å²) < 4.78 is 95.2. The Morgan fingerprint density at radius 3 is 1.66 bits per heavy atom. The molecule has 18 heteroatoms. The number of aromatic nitrogens is 1. The Balaban J connectivity index is 0.000000379. The van der Waals surface area contributed by atoms with Gasteiger partial charge in [-0.25, -0.2) is 14.4 Å². The monoisotopic (exact) mass is 649 g/mol. The van der Waals surface area contributed by atoms with E-state index >= 15 is 0 Å². The number of benzene rings is 1. The molecule has 0 amide bonds. The molecule has 2 aromatic rings. The van der Waals surface area contributed by atoms with Gasteiger partial charge in [-0.05, 0) is 50.2 Å². The molecule has 44 heavy (non-hydrogen) atoms. The molecule has 0 spiro atoms. The Kier molecular flexibility index (Phi) is 13.6. The van der Waals surface area contributed by atoms with Crippen molar-refractivity contribution in [3.63, 3.8) is 0 Å². The molecule has 1 aromatic carbocycles. The van der Waals surface area contributed by atoms with E-state index in [1.54, 1.807) is 0 Å². The molecule has 2 atom stereocenters. The maximum absolute atomic E-state index is 10.6. The van der Waals surface area contributed by atoms with Gasteiger partial charge in [-0.1, -0.05) is 36.4 Å². The maximum atomic E-state index is 10.6.